The van der Waals surface area contributed by atoms with Gasteiger partial charge in [-0.25, -0.2) is 14.1 Å². The van der Waals surface area contributed by atoms with Crippen molar-refractivity contribution in [2.45, 2.75) is 9.92 Å². The minimum absolute atomic E-state index is 0.0187. The van der Waals surface area contributed by atoms with Crippen LogP contribution in [0.1, 0.15) is 10.5 Å². The summed E-state index contributed by atoms with van der Waals surface area (Å²) in [7, 11) is 0. The van der Waals surface area contributed by atoms with Gasteiger partial charge in [0, 0.05) is 17.2 Å². The van der Waals surface area contributed by atoms with Crippen LogP contribution in [0.25, 0.3) is 5.69 Å². The first-order chi connectivity index (χ1) is 11.1. The molecule has 0 aliphatic rings. The third-order valence-corrected chi connectivity index (χ3v) is 4.39. The molecular formula is C15H8Cl2FN3OS. The van der Waals surface area contributed by atoms with E-state index in [2.05, 4.69) is 10.1 Å². The maximum absolute atomic E-state index is 14.3. The molecule has 0 N–H and O–H groups in total. The number of hydrogen-bond donors (Lipinski definition) is 0. The number of pyridine rings is 1. The highest BCUT2D eigenvalue weighted by atomic mass is 35.5. The average Bonchev–Trinajstić information content (AvgIpc) is 2.95. The molecular weight excluding hydrogens is 360 g/mol. The Kier molecular flexibility index (Phi) is 4.66. The molecule has 0 fully saturated rings. The van der Waals surface area contributed by atoms with E-state index in [1.807, 2.05) is 0 Å². The topological polar surface area (TPSA) is 47.8 Å². The van der Waals surface area contributed by atoms with Crippen molar-refractivity contribution >= 4 is 41.2 Å². The quantitative estimate of drug-likeness (QED) is 0.496. The number of carbonyl (C=O) groups is 1. The van der Waals surface area contributed by atoms with Gasteiger partial charge in [-0.1, -0.05) is 41.0 Å². The van der Waals surface area contributed by atoms with Gasteiger partial charge in [-0.3, -0.25) is 4.79 Å². The molecule has 0 amide bonds. The molecule has 0 saturated heterocycles. The average molecular weight is 368 g/mol. The number of aromatic nitrogens is 3. The second kappa shape index (κ2) is 6.70. The fraction of sp³-hybridized carbons (Fsp3) is 0. The third-order valence-electron chi connectivity index (χ3n) is 2.90. The van der Waals surface area contributed by atoms with E-state index in [1.165, 1.54) is 28.6 Å². The molecule has 3 aromatic rings. The van der Waals surface area contributed by atoms with Crippen molar-refractivity contribution in [2.75, 3.05) is 0 Å². The Morgan fingerprint density at radius 3 is 2.74 bits per heavy atom. The summed E-state index contributed by atoms with van der Waals surface area (Å²) in [5.74, 6) is -0.606. The predicted octanol–water partition coefficient (Wildman–Crippen LogP) is 4.68. The van der Waals surface area contributed by atoms with Crippen LogP contribution in [-0.2, 0) is 0 Å². The highest BCUT2D eigenvalue weighted by Gasteiger charge is 2.16. The minimum Gasteiger partial charge on any atom is -0.296 e. The Labute approximate surface area is 145 Å². The molecule has 3 rings (SSSR count). The van der Waals surface area contributed by atoms with Crippen LogP contribution in [0.4, 0.5) is 4.39 Å². The lowest BCUT2D eigenvalue weighted by Crippen LogP contribution is -2.02. The molecule has 0 bridgehead atoms. The lowest BCUT2D eigenvalue weighted by molar-refractivity contribution is 0.111. The van der Waals surface area contributed by atoms with Crippen LogP contribution in [0.15, 0.2) is 52.5 Å². The molecule has 1 aromatic carbocycles. The highest BCUT2D eigenvalue weighted by molar-refractivity contribution is 7.99. The first kappa shape index (κ1) is 16.0. The van der Waals surface area contributed by atoms with Gasteiger partial charge in [0.15, 0.2) is 12.1 Å². The largest absolute Gasteiger partial charge is 0.296 e. The molecule has 2 aromatic heterocycles. The smallest absolute Gasteiger partial charge is 0.170 e. The van der Waals surface area contributed by atoms with E-state index in [0.717, 1.165) is 4.90 Å². The van der Waals surface area contributed by atoms with Crippen LogP contribution in [0.5, 0.6) is 0 Å². The van der Waals surface area contributed by atoms with Gasteiger partial charge in [-0.05, 0) is 24.3 Å². The molecule has 116 valence electrons. The molecule has 23 heavy (non-hydrogen) atoms. The van der Waals surface area contributed by atoms with E-state index in [-0.39, 0.29) is 16.4 Å². The molecule has 0 unspecified atom stereocenters. The van der Waals surface area contributed by atoms with Gasteiger partial charge >= 0.3 is 0 Å². The van der Waals surface area contributed by atoms with Gasteiger partial charge in [0.2, 0.25) is 0 Å². The SMILES string of the molecule is O=Cc1cc(Sc2ccc(Cl)nc2)n(-c2cccc(Cl)c2F)n1. The summed E-state index contributed by atoms with van der Waals surface area (Å²) >= 11 is 12.9. The number of hydrogen-bond acceptors (Lipinski definition) is 4. The molecule has 0 radical (unpaired) electrons. The maximum atomic E-state index is 14.3. The molecule has 0 saturated carbocycles. The predicted molar refractivity (Wildman–Crippen MR) is 87.3 cm³/mol. The first-order valence-electron chi connectivity index (χ1n) is 6.37. The van der Waals surface area contributed by atoms with Gasteiger partial charge < -0.3 is 0 Å². The van der Waals surface area contributed by atoms with Crippen LogP contribution in [-0.4, -0.2) is 21.1 Å². The Morgan fingerprint density at radius 1 is 1.22 bits per heavy atom. The standard InChI is InChI=1S/C15H8Cl2FN3OS/c16-11-2-1-3-12(15(11)18)21-14(6-9(8-22)20-21)23-10-4-5-13(17)19-7-10/h1-8H. The van der Waals surface area contributed by atoms with E-state index >= 15 is 0 Å². The van der Waals surface area contributed by atoms with Crippen LogP contribution in [0, 0.1) is 5.82 Å². The van der Waals surface area contributed by atoms with Crippen molar-refractivity contribution < 1.29 is 9.18 Å². The van der Waals surface area contributed by atoms with E-state index in [9.17, 15) is 9.18 Å². The van der Waals surface area contributed by atoms with Crippen molar-refractivity contribution in [3.8, 4) is 5.69 Å². The number of nitrogens with zero attached hydrogens (tertiary/aromatic N) is 3. The fourth-order valence-corrected chi connectivity index (χ4v) is 3.05. The number of benzene rings is 1. The fourth-order valence-electron chi connectivity index (χ4n) is 1.88. The second-order valence-corrected chi connectivity index (χ2v) is 6.32. The van der Waals surface area contributed by atoms with Crippen molar-refractivity contribution in [3.63, 3.8) is 0 Å². The molecule has 4 nitrogen and oxygen atoms in total. The van der Waals surface area contributed by atoms with Gasteiger partial charge in [-0.15, -0.1) is 0 Å². The molecule has 0 aliphatic carbocycles. The summed E-state index contributed by atoms with van der Waals surface area (Å²) in [5.41, 5.74) is 0.351. The molecule has 2 heterocycles. The maximum Gasteiger partial charge on any atom is 0.170 e. The second-order valence-electron chi connectivity index (χ2n) is 4.43. The third kappa shape index (κ3) is 3.39. The zero-order valence-electron chi connectivity index (χ0n) is 11.4. The Balaban J connectivity index is 2.06. The molecule has 0 atom stereocenters. The Hall–Kier alpha value is -1.89. The summed E-state index contributed by atoms with van der Waals surface area (Å²) in [6, 6.07) is 9.57. The highest BCUT2D eigenvalue weighted by Crippen LogP contribution is 2.31. The van der Waals surface area contributed by atoms with Gasteiger partial charge in [0.25, 0.3) is 0 Å². The van der Waals surface area contributed by atoms with Crippen LogP contribution >= 0.6 is 35.0 Å². The zero-order chi connectivity index (χ0) is 16.4. The summed E-state index contributed by atoms with van der Waals surface area (Å²) in [6.07, 6.45) is 2.18. The van der Waals surface area contributed by atoms with E-state index in [0.29, 0.717) is 16.5 Å². The minimum atomic E-state index is -0.606. The van der Waals surface area contributed by atoms with Crippen LogP contribution < -0.4 is 0 Å². The Bertz CT molecular complexity index is 868. The van der Waals surface area contributed by atoms with Crippen molar-refractivity contribution in [1.29, 1.82) is 0 Å². The van der Waals surface area contributed by atoms with E-state index < -0.39 is 5.82 Å². The van der Waals surface area contributed by atoms with Gasteiger partial charge in [0.05, 0.1) is 5.02 Å². The van der Waals surface area contributed by atoms with Crippen LogP contribution in [0.2, 0.25) is 10.2 Å². The number of rotatable bonds is 4. The number of carbonyl (C=O) groups excluding carboxylic acids is 1. The molecule has 0 spiro atoms. The van der Waals surface area contributed by atoms with Crippen molar-refractivity contribution in [3.05, 3.63) is 64.3 Å². The molecule has 0 aliphatic heterocycles. The van der Waals surface area contributed by atoms with E-state index in [4.69, 9.17) is 23.2 Å². The normalized spacial score (nSPS) is 10.7. The van der Waals surface area contributed by atoms with Gasteiger partial charge in [-0.2, -0.15) is 5.10 Å². The zero-order valence-corrected chi connectivity index (χ0v) is 13.7. The lowest BCUT2D eigenvalue weighted by Gasteiger charge is -2.08. The van der Waals surface area contributed by atoms with E-state index in [1.54, 1.807) is 30.5 Å². The van der Waals surface area contributed by atoms with Crippen molar-refractivity contribution in [1.82, 2.24) is 14.8 Å². The monoisotopic (exact) mass is 367 g/mol. The summed E-state index contributed by atoms with van der Waals surface area (Å²) < 4.78 is 15.6. The van der Waals surface area contributed by atoms with Gasteiger partial charge in [0.1, 0.15) is 21.6 Å². The number of aldehydes is 1. The Morgan fingerprint density at radius 2 is 2.04 bits per heavy atom. The lowest BCUT2D eigenvalue weighted by atomic mass is 10.3. The first-order valence-corrected chi connectivity index (χ1v) is 7.95. The van der Waals surface area contributed by atoms with Crippen molar-refractivity contribution in [2.24, 2.45) is 0 Å². The number of halogens is 3. The molecule has 8 heteroatoms. The summed E-state index contributed by atoms with van der Waals surface area (Å²) in [6.45, 7) is 0. The summed E-state index contributed by atoms with van der Waals surface area (Å²) in [5, 5.41) is 5.00. The summed E-state index contributed by atoms with van der Waals surface area (Å²) in [4.78, 5) is 15.8. The van der Waals surface area contributed by atoms with Crippen LogP contribution in [0.3, 0.4) is 0 Å².